The molecule has 0 aliphatic carbocycles. The number of hydrogen-bond donors (Lipinski definition) is 0. The number of carbonyl (C=O) groups excluding carboxylic acids is 2. The molecule has 0 bridgehead atoms. The molecule has 9 heteroatoms. The third-order valence-electron chi connectivity index (χ3n) is 4.00. The van der Waals surface area contributed by atoms with E-state index in [-0.39, 0.29) is 6.54 Å². The summed E-state index contributed by atoms with van der Waals surface area (Å²) in [6, 6.07) is 10.5. The molecule has 3 rings (SSSR count). The molecule has 3 aromatic rings. The minimum absolute atomic E-state index is 0.0516. The Morgan fingerprint density at radius 1 is 1.11 bits per heavy atom. The number of rotatable bonds is 5. The normalized spacial score (nSPS) is 11.5. The summed E-state index contributed by atoms with van der Waals surface area (Å²) >= 11 is 4.74. The molecular formula is C19H17BrN2O5S. The van der Waals surface area contributed by atoms with Crippen LogP contribution in [0.2, 0.25) is 0 Å². The van der Waals surface area contributed by atoms with Crippen LogP contribution < -0.4 is 14.3 Å². The van der Waals surface area contributed by atoms with Gasteiger partial charge in [0, 0.05) is 10.5 Å². The van der Waals surface area contributed by atoms with Gasteiger partial charge in [0.25, 0.3) is 5.91 Å². The highest BCUT2D eigenvalue weighted by Crippen LogP contribution is 2.26. The Kier molecular flexibility index (Phi) is 6.15. The van der Waals surface area contributed by atoms with E-state index in [1.807, 2.05) is 18.2 Å². The average molecular weight is 465 g/mol. The molecule has 1 amide bonds. The summed E-state index contributed by atoms with van der Waals surface area (Å²) in [7, 11) is 4.32. The first-order chi connectivity index (χ1) is 13.5. The zero-order valence-electron chi connectivity index (χ0n) is 15.4. The molecule has 0 saturated heterocycles. The van der Waals surface area contributed by atoms with Gasteiger partial charge in [-0.3, -0.25) is 9.59 Å². The van der Waals surface area contributed by atoms with Crippen LogP contribution in [-0.2, 0) is 16.1 Å². The summed E-state index contributed by atoms with van der Waals surface area (Å²) in [6.45, 7) is -0.0516. The molecule has 1 heterocycles. The minimum Gasteiger partial charge on any atom is -0.497 e. The van der Waals surface area contributed by atoms with Crippen molar-refractivity contribution in [1.82, 2.24) is 4.57 Å². The van der Waals surface area contributed by atoms with E-state index in [4.69, 9.17) is 14.2 Å². The smallest absolute Gasteiger partial charge is 0.325 e. The Hall–Kier alpha value is -2.65. The predicted octanol–water partition coefficient (Wildman–Crippen LogP) is 3.40. The second-order valence-electron chi connectivity index (χ2n) is 5.64. The molecule has 146 valence electrons. The van der Waals surface area contributed by atoms with Crippen molar-refractivity contribution in [2.24, 2.45) is 4.99 Å². The number of aromatic nitrogens is 1. The molecule has 0 N–H and O–H groups in total. The molecule has 0 saturated carbocycles. The highest BCUT2D eigenvalue weighted by atomic mass is 79.9. The summed E-state index contributed by atoms with van der Waals surface area (Å²) in [5, 5.41) is 0. The number of ether oxygens (including phenoxy) is 3. The van der Waals surface area contributed by atoms with Crippen LogP contribution in [0, 0.1) is 0 Å². The highest BCUT2D eigenvalue weighted by Gasteiger charge is 2.16. The lowest BCUT2D eigenvalue weighted by Crippen LogP contribution is -2.22. The topological polar surface area (TPSA) is 79.1 Å². The third-order valence-corrected chi connectivity index (χ3v) is 5.53. The first-order valence-corrected chi connectivity index (χ1v) is 9.74. The van der Waals surface area contributed by atoms with Crippen molar-refractivity contribution >= 4 is 49.4 Å². The van der Waals surface area contributed by atoms with Gasteiger partial charge < -0.3 is 18.8 Å². The maximum Gasteiger partial charge on any atom is 0.325 e. The van der Waals surface area contributed by atoms with Gasteiger partial charge in [-0.05, 0) is 30.3 Å². The Labute approximate surface area is 173 Å². The first-order valence-electron chi connectivity index (χ1n) is 8.13. The monoisotopic (exact) mass is 464 g/mol. The summed E-state index contributed by atoms with van der Waals surface area (Å²) < 4.78 is 18.7. The molecule has 0 aliphatic rings. The number of nitrogens with zero attached hydrogens (tertiary/aromatic N) is 2. The first kappa shape index (κ1) is 20.1. The van der Waals surface area contributed by atoms with Gasteiger partial charge in [-0.25, -0.2) is 0 Å². The number of amides is 1. The van der Waals surface area contributed by atoms with Crippen molar-refractivity contribution in [2.75, 3.05) is 21.3 Å². The fourth-order valence-electron chi connectivity index (χ4n) is 2.60. The summed E-state index contributed by atoms with van der Waals surface area (Å²) in [4.78, 5) is 29.3. The van der Waals surface area contributed by atoms with E-state index in [0.717, 1.165) is 14.7 Å². The number of thiazole rings is 1. The van der Waals surface area contributed by atoms with Gasteiger partial charge in [0.15, 0.2) is 4.80 Å². The average Bonchev–Trinajstić information content (AvgIpc) is 3.02. The quantitative estimate of drug-likeness (QED) is 0.540. The lowest BCUT2D eigenvalue weighted by molar-refractivity contribution is -0.141. The van der Waals surface area contributed by atoms with Crippen LogP contribution in [0.1, 0.15) is 10.4 Å². The van der Waals surface area contributed by atoms with Crippen molar-refractivity contribution in [1.29, 1.82) is 0 Å². The van der Waals surface area contributed by atoms with Crippen LogP contribution in [0.4, 0.5) is 0 Å². The largest absolute Gasteiger partial charge is 0.497 e. The molecule has 28 heavy (non-hydrogen) atoms. The Bertz CT molecular complexity index is 1120. The van der Waals surface area contributed by atoms with Gasteiger partial charge in [-0.15, -0.1) is 0 Å². The zero-order chi connectivity index (χ0) is 20.3. The lowest BCUT2D eigenvalue weighted by Gasteiger charge is -2.07. The second kappa shape index (κ2) is 8.57. The molecular weight excluding hydrogens is 448 g/mol. The Morgan fingerprint density at radius 2 is 1.89 bits per heavy atom. The Morgan fingerprint density at radius 3 is 2.57 bits per heavy atom. The molecule has 0 radical (unpaired) electrons. The molecule has 7 nitrogen and oxygen atoms in total. The van der Waals surface area contributed by atoms with E-state index in [2.05, 4.69) is 20.9 Å². The standard InChI is InChI=1S/C19H17BrN2O5S/c1-25-12-5-6-13(15(9-12)26-2)18(24)21-19-22(10-17(23)27-3)14-7-4-11(20)8-16(14)28-19/h4-9H,10H2,1-3H3. The molecule has 0 fully saturated rings. The lowest BCUT2D eigenvalue weighted by atomic mass is 10.2. The number of esters is 1. The van der Waals surface area contributed by atoms with E-state index in [0.29, 0.717) is 21.9 Å². The number of hydrogen-bond acceptors (Lipinski definition) is 6. The zero-order valence-corrected chi connectivity index (χ0v) is 17.8. The van der Waals surface area contributed by atoms with Crippen LogP contribution in [0.15, 0.2) is 45.9 Å². The van der Waals surface area contributed by atoms with Gasteiger partial charge in [0.1, 0.15) is 18.0 Å². The molecule has 0 atom stereocenters. The van der Waals surface area contributed by atoms with Crippen LogP contribution >= 0.6 is 27.3 Å². The SMILES string of the molecule is COC(=O)Cn1c(=NC(=O)c2ccc(OC)cc2OC)sc2cc(Br)ccc21. The molecule has 0 spiro atoms. The van der Waals surface area contributed by atoms with E-state index in [1.54, 1.807) is 22.8 Å². The van der Waals surface area contributed by atoms with Gasteiger partial charge in [0.2, 0.25) is 0 Å². The van der Waals surface area contributed by atoms with E-state index in [1.165, 1.54) is 32.7 Å². The fraction of sp³-hybridized carbons (Fsp3) is 0.211. The van der Waals surface area contributed by atoms with Gasteiger partial charge in [0.05, 0.1) is 37.1 Å². The molecule has 0 aliphatic heterocycles. The van der Waals surface area contributed by atoms with Gasteiger partial charge in [-0.1, -0.05) is 27.3 Å². The third kappa shape index (κ3) is 4.10. The predicted molar refractivity (Wildman–Crippen MR) is 109 cm³/mol. The van der Waals surface area contributed by atoms with Crippen molar-refractivity contribution in [3.63, 3.8) is 0 Å². The number of halogens is 1. The van der Waals surface area contributed by atoms with Crippen molar-refractivity contribution < 1.29 is 23.8 Å². The molecule has 0 unspecified atom stereocenters. The van der Waals surface area contributed by atoms with Crippen LogP contribution in [0.25, 0.3) is 10.2 Å². The summed E-state index contributed by atoms with van der Waals surface area (Å²) in [5.41, 5.74) is 1.08. The summed E-state index contributed by atoms with van der Waals surface area (Å²) in [6.07, 6.45) is 0. The van der Waals surface area contributed by atoms with Crippen LogP contribution in [0.5, 0.6) is 11.5 Å². The maximum atomic E-state index is 12.8. The Balaban J connectivity index is 2.14. The molecule has 1 aromatic heterocycles. The van der Waals surface area contributed by atoms with Crippen molar-refractivity contribution in [2.45, 2.75) is 6.54 Å². The highest BCUT2D eigenvalue weighted by molar-refractivity contribution is 9.10. The number of fused-ring (bicyclic) bond motifs is 1. The maximum absolute atomic E-state index is 12.8. The fourth-order valence-corrected chi connectivity index (χ4v) is 4.18. The van der Waals surface area contributed by atoms with Gasteiger partial charge >= 0.3 is 5.97 Å². The van der Waals surface area contributed by atoms with Gasteiger partial charge in [-0.2, -0.15) is 4.99 Å². The number of benzene rings is 2. The van der Waals surface area contributed by atoms with E-state index < -0.39 is 11.9 Å². The summed E-state index contributed by atoms with van der Waals surface area (Å²) in [5.74, 6) is 0.0135. The van der Waals surface area contributed by atoms with Crippen LogP contribution in [-0.4, -0.2) is 37.8 Å². The van der Waals surface area contributed by atoms with E-state index in [9.17, 15) is 9.59 Å². The minimum atomic E-state index is -0.483. The van der Waals surface area contributed by atoms with Crippen molar-refractivity contribution in [3.8, 4) is 11.5 Å². The van der Waals surface area contributed by atoms with E-state index >= 15 is 0 Å². The second-order valence-corrected chi connectivity index (χ2v) is 7.57. The number of carbonyl (C=O) groups is 2. The van der Waals surface area contributed by atoms with Crippen molar-refractivity contribution in [3.05, 3.63) is 51.2 Å². The van der Waals surface area contributed by atoms with Crippen LogP contribution in [0.3, 0.4) is 0 Å². The molecule has 2 aromatic carbocycles. The number of methoxy groups -OCH3 is 3.